The second-order valence-electron chi connectivity index (χ2n) is 5.30. The molecule has 0 atom stereocenters. The molecule has 0 spiro atoms. The fraction of sp³-hybridized carbons (Fsp3) is 0.250. The van der Waals surface area contributed by atoms with E-state index in [1.54, 1.807) is 23.9 Å². The molecule has 0 fully saturated rings. The average Bonchev–Trinajstić information content (AvgIpc) is 2.90. The highest BCUT2D eigenvalue weighted by atomic mass is 19.1. The van der Waals surface area contributed by atoms with Crippen LogP contribution < -0.4 is 5.73 Å². The van der Waals surface area contributed by atoms with Gasteiger partial charge in [-0.3, -0.25) is 4.68 Å². The van der Waals surface area contributed by atoms with Crippen molar-refractivity contribution in [3.05, 3.63) is 41.6 Å². The van der Waals surface area contributed by atoms with Crippen LogP contribution in [0.3, 0.4) is 0 Å². The van der Waals surface area contributed by atoms with Crippen molar-refractivity contribution in [2.45, 2.75) is 26.8 Å². The summed E-state index contributed by atoms with van der Waals surface area (Å²) in [5, 5.41) is 11.6. The summed E-state index contributed by atoms with van der Waals surface area (Å²) in [6.07, 6.45) is 4.53. The topological polar surface area (TPSA) is 67.7 Å². The molecule has 0 aliphatic heterocycles. The van der Waals surface area contributed by atoms with Crippen LogP contribution in [-0.4, -0.2) is 16.0 Å². The number of nitrogen functional groups attached to an aromatic ring is 1. The molecule has 1 aromatic heterocycles. The van der Waals surface area contributed by atoms with Crippen LogP contribution >= 0.6 is 0 Å². The van der Waals surface area contributed by atoms with Gasteiger partial charge < -0.3 is 11.1 Å². The number of nitrogens with one attached hydrogen (secondary N) is 1. The number of allylic oxidation sites excluding steroid dienone is 2. The summed E-state index contributed by atoms with van der Waals surface area (Å²) in [7, 11) is 0. The highest BCUT2D eigenvalue weighted by Crippen LogP contribution is 2.33. The molecule has 0 aliphatic rings. The second-order valence-corrected chi connectivity index (χ2v) is 5.30. The zero-order valence-corrected chi connectivity index (χ0v) is 12.7. The minimum absolute atomic E-state index is 0.0844. The third-order valence-corrected chi connectivity index (χ3v) is 3.40. The number of benzene rings is 1. The van der Waals surface area contributed by atoms with E-state index in [4.69, 9.17) is 11.1 Å². The van der Waals surface area contributed by atoms with Gasteiger partial charge in [0, 0.05) is 29.6 Å². The van der Waals surface area contributed by atoms with Crippen LogP contribution in [0.1, 0.15) is 32.4 Å². The Balaban J connectivity index is 2.71. The summed E-state index contributed by atoms with van der Waals surface area (Å²) < 4.78 is 29.4. The molecule has 0 amide bonds. The molecule has 6 heteroatoms. The van der Waals surface area contributed by atoms with Gasteiger partial charge in [0.05, 0.1) is 0 Å². The first kappa shape index (κ1) is 15.9. The van der Waals surface area contributed by atoms with Crippen molar-refractivity contribution in [1.82, 2.24) is 9.78 Å². The lowest BCUT2D eigenvalue weighted by Crippen LogP contribution is -2.02. The van der Waals surface area contributed by atoms with Gasteiger partial charge in [-0.15, -0.1) is 0 Å². The number of hydrogen-bond acceptors (Lipinski definition) is 3. The van der Waals surface area contributed by atoms with E-state index >= 15 is 0 Å². The minimum atomic E-state index is -0.821. The van der Waals surface area contributed by atoms with Crippen molar-refractivity contribution < 1.29 is 8.78 Å². The van der Waals surface area contributed by atoms with Crippen molar-refractivity contribution in [3.63, 3.8) is 0 Å². The first-order valence-corrected chi connectivity index (χ1v) is 6.87. The Morgan fingerprint density at radius 1 is 1.36 bits per heavy atom. The van der Waals surface area contributed by atoms with Crippen LogP contribution in [0.4, 0.5) is 14.5 Å². The third-order valence-electron chi connectivity index (χ3n) is 3.40. The van der Waals surface area contributed by atoms with E-state index in [9.17, 15) is 8.78 Å². The molecule has 1 heterocycles. The summed E-state index contributed by atoms with van der Waals surface area (Å²) in [5.74, 6) is -1.62. The van der Waals surface area contributed by atoms with E-state index in [2.05, 4.69) is 5.10 Å². The van der Waals surface area contributed by atoms with Gasteiger partial charge >= 0.3 is 0 Å². The lowest BCUT2D eigenvalue weighted by atomic mass is 10.0. The maximum atomic E-state index is 14.3. The summed E-state index contributed by atoms with van der Waals surface area (Å²) in [6, 6.07) is 2.54. The Morgan fingerprint density at radius 3 is 2.64 bits per heavy atom. The molecule has 2 rings (SSSR count). The Kier molecular flexibility index (Phi) is 4.40. The second kappa shape index (κ2) is 6.09. The fourth-order valence-corrected chi connectivity index (χ4v) is 2.11. The van der Waals surface area contributed by atoms with E-state index in [0.29, 0.717) is 11.3 Å². The number of aromatic nitrogens is 2. The zero-order valence-electron chi connectivity index (χ0n) is 12.7. The van der Waals surface area contributed by atoms with Crippen LogP contribution in [0.5, 0.6) is 0 Å². The molecule has 0 saturated carbocycles. The standard InChI is InChI=1S/C16H18F2N4/c1-9(2)22-8-12(10(3)6-7-19)16(21-22)11-4-5-13(17)15(20)14(11)18/h4-9,19H,20H2,1-3H3/b10-6+,19-7?. The fourth-order valence-electron chi connectivity index (χ4n) is 2.11. The minimum Gasteiger partial charge on any atom is -0.394 e. The highest BCUT2D eigenvalue weighted by molar-refractivity contribution is 5.87. The van der Waals surface area contributed by atoms with E-state index in [1.165, 1.54) is 6.07 Å². The predicted octanol–water partition coefficient (Wildman–Crippen LogP) is 4.04. The van der Waals surface area contributed by atoms with Crippen molar-refractivity contribution in [2.75, 3.05) is 5.73 Å². The summed E-state index contributed by atoms with van der Waals surface area (Å²) in [6.45, 7) is 5.71. The van der Waals surface area contributed by atoms with Gasteiger partial charge in [-0.05, 0) is 44.6 Å². The van der Waals surface area contributed by atoms with Crippen molar-refractivity contribution in [3.8, 4) is 11.3 Å². The molecule has 3 N–H and O–H groups in total. The van der Waals surface area contributed by atoms with Crippen LogP contribution in [-0.2, 0) is 0 Å². The SMILES string of the molecule is C/C(=C\C=N)c1cn(C(C)C)nc1-c1ccc(F)c(N)c1F. The van der Waals surface area contributed by atoms with Gasteiger partial charge in [-0.25, -0.2) is 8.78 Å². The Bertz CT molecular complexity index is 745. The lowest BCUT2D eigenvalue weighted by molar-refractivity contribution is 0.533. The maximum absolute atomic E-state index is 14.3. The van der Waals surface area contributed by atoms with Gasteiger partial charge in [0.25, 0.3) is 0 Å². The van der Waals surface area contributed by atoms with Crippen molar-refractivity contribution in [1.29, 1.82) is 5.41 Å². The number of nitrogens with two attached hydrogens (primary N) is 1. The summed E-state index contributed by atoms with van der Waals surface area (Å²) in [5.41, 5.74) is 6.89. The highest BCUT2D eigenvalue weighted by Gasteiger charge is 2.19. The first-order valence-electron chi connectivity index (χ1n) is 6.87. The molecule has 0 saturated heterocycles. The Morgan fingerprint density at radius 2 is 2.05 bits per heavy atom. The predicted molar refractivity (Wildman–Crippen MR) is 84.8 cm³/mol. The Labute approximate surface area is 127 Å². The molecule has 0 bridgehead atoms. The van der Waals surface area contributed by atoms with Crippen LogP contribution in [0.15, 0.2) is 24.4 Å². The molecule has 0 radical (unpaired) electrons. The Hall–Kier alpha value is -2.50. The monoisotopic (exact) mass is 304 g/mol. The molecule has 4 nitrogen and oxygen atoms in total. The van der Waals surface area contributed by atoms with E-state index < -0.39 is 17.3 Å². The van der Waals surface area contributed by atoms with Gasteiger partial charge in [0.1, 0.15) is 17.2 Å². The molecular weight excluding hydrogens is 286 g/mol. The quantitative estimate of drug-likeness (QED) is 0.661. The molecule has 2 aromatic rings. The van der Waals surface area contributed by atoms with Crippen LogP contribution in [0, 0.1) is 17.0 Å². The number of anilines is 1. The average molecular weight is 304 g/mol. The third kappa shape index (κ3) is 2.77. The van der Waals surface area contributed by atoms with Crippen LogP contribution in [0.25, 0.3) is 16.8 Å². The molecular formula is C16H18F2N4. The largest absolute Gasteiger partial charge is 0.394 e. The molecule has 22 heavy (non-hydrogen) atoms. The lowest BCUT2D eigenvalue weighted by Gasteiger charge is -2.07. The molecule has 1 aromatic carbocycles. The number of rotatable bonds is 4. The zero-order chi connectivity index (χ0) is 16.4. The number of hydrogen-bond donors (Lipinski definition) is 2. The first-order chi connectivity index (χ1) is 10.4. The van der Waals surface area contributed by atoms with Crippen molar-refractivity contribution in [2.24, 2.45) is 0 Å². The van der Waals surface area contributed by atoms with Crippen molar-refractivity contribution >= 4 is 17.5 Å². The number of nitrogens with zero attached hydrogens (tertiary/aromatic N) is 2. The molecule has 116 valence electrons. The number of halogens is 2. The van der Waals surface area contributed by atoms with Crippen LogP contribution in [0.2, 0.25) is 0 Å². The smallest absolute Gasteiger partial charge is 0.158 e. The van der Waals surface area contributed by atoms with Gasteiger partial charge in [0.15, 0.2) is 5.82 Å². The molecule has 0 unspecified atom stereocenters. The van der Waals surface area contributed by atoms with E-state index in [-0.39, 0.29) is 11.6 Å². The van der Waals surface area contributed by atoms with Gasteiger partial charge in [0.2, 0.25) is 0 Å². The summed E-state index contributed by atoms with van der Waals surface area (Å²) >= 11 is 0. The van der Waals surface area contributed by atoms with Gasteiger partial charge in [-0.2, -0.15) is 5.10 Å². The normalized spacial score (nSPS) is 12.0. The summed E-state index contributed by atoms with van der Waals surface area (Å²) in [4.78, 5) is 0. The maximum Gasteiger partial charge on any atom is 0.158 e. The van der Waals surface area contributed by atoms with E-state index in [0.717, 1.165) is 17.9 Å². The van der Waals surface area contributed by atoms with E-state index in [1.807, 2.05) is 13.8 Å². The molecule has 0 aliphatic carbocycles. The van der Waals surface area contributed by atoms with Gasteiger partial charge in [-0.1, -0.05) is 0 Å².